The lowest BCUT2D eigenvalue weighted by Crippen LogP contribution is -2.42. The topological polar surface area (TPSA) is 41.3 Å². The largest absolute Gasteiger partial charge is 0.383 e. The summed E-state index contributed by atoms with van der Waals surface area (Å²) in [4.78, 5) is 2.25. The van der Waals surface area contributed by atoms with Gasteiger partial charge in [-0.25, -0.2) is 0 Å². The van der Waals surface area contributed by atoms with Crippen molar-refractivity contribution < 1.29 is 5.11 Å². The molecule has 2 rings (SSSR count). The zero-order chi connectivity index (χ0) is 12.6. The van der Waals surface area contributed by atoms with Gasteiger partial charge in [-0.3, -0.25) is 4.68 Å². The average molecular weight is 302 g/mol. The minimum Gasteiger partial charge on any atom is -0.383 e. The van der Waals surface area contributed by atoms with Crippen molar-refractivity contribution in [3.63, 3.8) is 0 Å². The van der Waals surface area contributed by atoms with Crippen LogP contribution in [0, 0.1) is 0 Å². The molecule has 0 spiro atoms. The first-order valence-electron chi connectivity index (χ1n) is 6.08. The molecule has 0 saturated carbocycles. The number of nitrogens with zero attached hydrogens (tertiary/aromatic N) is 3. The number of piperidine rings is 1. The first-order chi connectivity index (χ1) is 7.94. The number of aromatic nitrogens is 2. The summed E-state index contributed by atoms with van der Waals surface area (Å²) in [5, 5.41) is 15.2. The molecule has 0 radical (unpaired) electrons. The summed E-state index contributed by atoms with van der Waals surface area (Å²) in [5.74, 6) is 0. The zero-order valence-electron chi connectivity index (χ0n) is 10.6. The van der Waals surface area contributed by atoms with Crippen molar-refractivity contribution >= 4 is 15.9 Å². The average Bonchev–Trinajstić information content (AvgIpc) is 2.66. The Kier molecular flexibility index (Phi) is 3.61. The Hall–Kier alpha value is -0.390. The molecule has 1 saturated heterocycles. The van der Waals surface area contributed by atoms with E-state index in [4.69, 9.17) is 0 Å². The molecule has 1 aliphatic rings. The Balaban J connectivity index is 2.35. The molecule has 4 nitrogen and oxygen atoms in total. The second-order valence-electron chi connectivity index (χ2n) is 5.21. The van der Waals surface area contributed by atoms with E-state index in [2.05, 4.69) is 46.8 Å². The molecule has 0 atom stereocenters. The van der Waals surface area contributed by atoms with Crippen LogP contribution in [0.4, 0.5) is 0 Å². The van der Waals surface area contributed by atoms with Crippen molar-refractivity contribution in [2.75, 3.05) is 20.1 Å². The second-order valence-corrected chi connectivity index (χ2v) is 6.07. The van der Waals surface area contributed by atoms with Gasteiger partial charge in [0.2, 0.25) is 0 Å². The van der Waals surface area contributed by atoms with Gasteiger partial charge in [-0.1, -0.05) is 0 Å². The standard InChI is InChI=1S/C12H20BrN3O/c1-9(2)16-11(10(13)8-14-16)12(17)4-6-15(3)7-5-12/h8-9,17H,4-7H2,1-3H3. The minimum absolute atomic E-state index is 0.264. The van der Waals surface area contributed by atoms with Gasteiger partial charge in [0.15, 0.2) is 0 Å². The number of hydrogen-bond donors (Lipinski definition) is 1. The number of aliphatic hydroxyl groups is 1. The predicted molar refractivity (Wildman–Crippen MR) is 70.9 cm³/mol. The molecule has 5 heteroatoms. The quantitative estimate of drug-likeness (QED) is 0.910. The summed E-state index contributed by atoms with van der Waals surface area (Å²) in [7, 11) is 2.09. The number of halogens is 1. The molecule has 1 fully saturated rings. The van der Waals surface area contributed by atoms with Crippen LogP contribution in [0.5, 0.6) is 0 Å². The van der Waals surface area contributed by atoms with Crippen molar-refractivity contribution in [1.29, 1.82) is 0 Å². The highest BCUT2D eigenvalue weighted by atomic mass is 79.9. The van der Waals surface area contributed by atoms with E-state index in [-0.39, 0.29) is 6.04 Å². The highest BCUT2D eigenvalue weighted by molar-refractivity contribution is 9.10. The predicted octanol–water partition coefficient (Wildman–Crippen LogP) is 2.14. The maximum Gasteiger partial charge on any atom is 0.110 e. The van der Waals surface area contributed by atoms with Crippen molar-refractivity contribution in [1.82, 2.24) is 14.7 Å². The number of hydrogen-bond acceptors (Lipinski definition) is 3. The van der Waals surface area contributed by atoms with Crippen LogP contribution < -0.4 is 0 Å². The van der Waals surface area contributed by atoms with E-state index in [1.54, 1.807) is 6.20 Å². The van der Waals surface area contributed by atoms with Crippen LogP contribution in [0.2, 0.25) is 0 Å². The Morgan fingerprint density at radius 2 is 2.00 bits per heavy atom. The van der Waals surface area contributed by atoms with Crippen molar-refractivity contribution in [3.8, 4) is 0 Å². The fraction of sp³-hybridized carbons (Fsp3) is 0.750. The Morgan fingerprint density at radius 1 is 1.41 bits per heavy atom. The number of likely N-dealkylation sites (tertiary alicyclic amines) is 1. The molecule has 2 heterocycles. The lowest BCUT2D eigenvalue weighted by molar-refractivity contribution is -0.0287. The molecule has 0 bridgehead atoms. The molecule has 0 aliphatic carbocycles. The van der Waals surface area contributed by atoms with Gasteiger partial charge in [-0.05, 0) is 49.7 Å². The van der Waals surface area contributed by atoms with Gasteiger partial charge in [0, 0.05) is 19.1 Å². The van der Waals surface area contributed by atoms with Crippen molar-refractivity contribution in [2.45, 2.75) is 38.3 Å². The van der Waals surface area contributed by atoms with E-state index in [9.17, 15) is 5.11 Å². The summed E-state index contributed by atoms with van der Waals surface area (Å²) in [6.45, 7) is 6.01. The van der Waals surface area contributed by atoms with Crippen LogP contribution in [0.15, 0.2) is 10.7 Å². The van der Waals surface area contributed by atoms with Gasteiger partial charge in [0.25, 0.3) is 0 Å². The van der Waals surface area contributed by atoms with Gasteiger partial charge >= 0.3 is 0 Å². The molecule has 17 heavy (non-hydrogen) atoms. The zero-order valence-corrected chi connectivity index (χ0v) is 12.2. The number of rotatable bonds is 2. The lowest BCUT2D eigenvalue weighted by atomic mass is 9.88. The van der Waals surface area contributed by atoms with Crippen LogP contribution >= 0.6 is 15.9 Å². The third-order valence-electron chi connectivity index (χ3n) is 3.49. The summed E-state index contributed by atoms with van der Waals surface area (Å²) >= 11 is 3.51. The SMILES string of the molecule is CC(C)n1ncc(Br)c1C1(O)CCN(C)CC1. The van der Waals surface area contributed by atoms with Crippen molar-refractivity contribution in [2.24, 2.45) is 0 Å². The molecular weight excluding hydrogens is 282 g/mol. The van der Waals surface area contributed by atoms with E-state index >= 15 is 0 Å². The maximum absolute atomic E-state index is 10.8. The third kappa shape index (κ3) is 2.41. The molecule has 0 unspecified atom stereocenters. The molecule has 1 N–H and O–H groups in total. The Labute approximate surface area is 111 Å². The van der Waals surface area contributed by atoms with E-state index in [0.717, 1.165) is 36.1 Å². The summed E-state index contributed by atoms with van der Waals surface area (Å²) < 4.78 is 2.84. The van der Waals surface area contributed by atoms with Gasteiger partial charge in [-0.15, -0.1) is 0 Å². The Morgan fingerprint density at radius 3 is 2.53 bits per heavy atom. The van der Waals surface area contributed by atoms with Crippen molar-refractivity contribution in [3.05, 3.63) is 16.4 Å². The molecule has 1 aromatic heterocycles. The third-order valence-corrected chi connectivity index (χ3v) is 4.08. The van der Waals surface area contributed by atoms with E-state index in [1.807, 2.05) is 4.68 Å². The molecule has 1 aliphatic heterocycles. The molecular formula is C12H20BrN3O. The van der Waals surface area contributed by atoms with Crippen LogP contribution in [0.25, 0.3) is 0 Å². The summed E-state index contributed by atoms with van der Waals surface area (Å²) in [6.07, 6.45) is 3.31. The Bertz CT molecular complexity index is 394. The molecule has 1 aromatic rings. The van der Waals surface area contributed by atoms with Gasteiger partial charge in [0.1, 0.15) is 5.60 Å². The van der Waals surface area contributed by atoms with Gasteiger partial charge in [-0.2, -0.15) is 5.10 Å². The summed E-state index contributed by atoms with van der Waals surface area (Å²) in [6, 6.07) is 0.264. The van der Waals surface area contributed by atoms with Gasteiger partial charge < -0.3 is 10.0 Å². The van der Waals surface area contributed by atoms with Crippen LogP contribution in [-0.4, -0.2) is 39.9 Å². The molecule has 0 aromatic carbocycles. The normalized spacial score (nSPS) is 21.1. The highest BCUT2D eigenvalue weighted by Crippen LogP contribution is 2.37. The lowest BCUT2D eigenvalue weighted by Gasteiger charge is -2.37. The van der Waals surface area contributed by atoms with Crippen LogP contribution in [0.3, 0.4) is 0 Å². The minimum atomic E-state index is -0.744. The maximum atomic E-state index is 10.8. The van der Waals surface area contributed by atoms with Crippen LogP contribution in [-0.2, 0) is 5.60 Å². The monoisotopic (exact) mass is 301 g/mol. The van der Waals surface area contributed by atoms with E-state index < -0.39 is 5.60 Å². The highest BCUT2D eigenvalue weighted by Gasteiger charge is 2.38. The second kappa shape index (κ2) is 4.71. The fourth-order valence-corrected chi connectivity index (χ4v) is 3.04. The fourth-order valence-electron chi connectivity index (χ4n) is 2.39. The van der Waals surface area contributed by atoms with Gasteiger partial charge in [0.05, 0.1) is 16.4 Å². The van der Waals surface area contributed by atoms with Crippen LogP contribution in [0.1, 0.15) is 38.4 Å². The smallest absolute Gasteiger partial charge is 0.110 e. The molecule has 0 amide bonds. The molecule has 96 valence electrons. The first-order valence-corrected chi connectivity index (χ1v) is 6.88. The first kappa shape index (κ1) is 13.1. The van der Waals surface area contributed by atoms with E-state index in [0.29, 0.717) is 0 Å². The summed E-state index contributed by atoms with van der Waals surface area (Å²) in [5.41, 5.74) is 0.187. The van der Waals surface area contributed by atoms with E-state index in [1.165, 1.54) is 0 Å².